The van der Waals surface area contributed by atoms with Crippen molar-refractivity contribution in [1.82, 2.24) is 4.90 Å². The summed E-state index contributed by atoms with van der Waals surface area (Å²) < 4.78 is 4.92. The molecule has 1 saturated heterocycles. The smallest absolute Gasteiger partial charge is 0.329 e. The minimum atomic E-state index is -0.977. The number of likely N-dealkylation sites (tertiary alicyclic amines) is 1. The summed E-state index contributed by atoms with van der Waals surface area (Å²) in [6, 6.07) is -0.0562. The Bertz CT molecular complexity index is 175. The van der Waals surface area contributed by atoms with Crippen molar-refractivity contribution in [3.8, 4) is 0 Å². The number of nitrogens with zero attached hydrogens (tertiary/aromatic N) is 1. The Morgan fingerprint density at radius 1 is 1.69 bits per heavy atom. The molecule has 0 aromatic carbocycles. The van der Waals surface area contributed by atoms with Crippen molar-refractivity contribution in [2.24, 2.45) is 0 Å². The number of carboxylic acid groups (broad SMARTS) is 1. The molecule has 0 spiro atoms. The highest BCUT2D eigenvalue weighted by Gasteiger charge is 2.30. The van der Waals surface area contributed by atoms with Crippen LogP contribution in [0, 0.1) is 0 Å². The summed E-state index contributed by atoms with van der Waals surface area (Å²) in [4.78, 5) is 12.1. The SMILES string of the molecule is CN1CC[C@H](O)[C@H]1COCC(=O)O. The van der Waals surface area contributed by atoms with Crippen LogP contribution >= 0.6 is 0 Å². The lowest BCUT2D eigenvalue weighted by Crippen LogP contribution is -2.37. The lowest BCUT2D eigenvalue weighted by molar-refractivity contribution is -0.143. The standard InChI is InChI=1S/C8H15NO4/c1-9-3-2-7(10)6(9)4-13-5-8(11)12/h6-7,10H,2-5H2,1H3,(H,11,12)/t6-,7+/m1/s1. The second-order valence-corrected chi connectivity index (χ2v) is 3.31. The molecule has 1 rings (SSSR count). The number of hydrogen-bond acceptors (Lipinski definition) is 4. The number of aliphatic hydroxyl groups excluding tert-OH is 1. The first-order valence-corrected chi connectivity index (χ1v) is 4.29. The minimum Gasteiger partial charge on any atom is -0.480 e. The van der Waals surface area contributed by atoms with Gasteiger partial charge in [-0.25, -0.2) is 4.79 Å². The van der Waals surface area contributed by atoms with E-state index in [2.05, 4.69) is 0 Å². The Morgan fingerprint density at radius 2 is 2.38 bits per heavy atom. The molecule has 0 aromatic rings. The van der Waals surface area contributed by atoms with Gasteiger partial charge in [0.25, 0.3) is 0 Å². The van der Waals surface area contributed by atoms with Crippen molar-refractivity contribution in [1.29, 1.82) is 0 Å². The quantitative estimate of drug-likeness (QED) is 0.603. The third-order valence-corrected chi connectivity index (χ3v) is 2.30. The molecule has 0 amide bonds. The van der Waals surface area contributed by atoms with E-state index < -0.39 is 12.1 Å². The third-order valence-electron chi connectivity index (χ3n) is 2.30. The number of aliphatic hydroxyl groups is 1. The molecule has 0 saturated carbocycles. The summed E-state index contributed by atoms with van der Waals surface area (Å²) in [6.07, 6.45) is 0.344. The second-order valence-electron chi connectivity index (χ2n) is 3.31. The van der Waals surface area contributed by atoms with E-state index in [1.54, 1.807) is 0 Å². The van der Waals surface area contributed by atoms with Gasteiger partial charge in [0.05, 0.1) is 18.8 Å². The molecular weight excluding hydrogens is 174 g/mol. The number of carbonyl (C=O) groups is 1. The fourth-order valence-corrected chi connectivity index (χ4v) is 1.49. The topological polar surface area (TPSA) is 70.0 Å². The first kappa shape index (κ1) is 10.4. The fourth-order valence-electron chi connectivity index (χ4n) is 1.49. The Kier molecular flexibility index (Phi) is 3.65. The van der Waals surface area contributed by atoms with Crippen LogP contribution in [0.25, 0.3) is 0 Å². The van der Waals surface area contributed by atoms with Gasteiger partial charge in [0.2, 0.25) is 0 Å². The molecule has 0 aliphatic carbocycles. The molecule has 13 heavy (non-hydrogen) atoms. The lowest BCUT2D eigenvalue weighted by atomic mass is 10.2. The Labute approximate surface area is 76.9 Å². The average molecular weight is 189 g/mol. The molecule has 5 heteroatoms. The summed E-state index contributed by atoms with van der Waals surface area (Å²) in [6.45, 7) is 0.823. The van der Waals surface area contributed by atoms with Gasteiger partial charge in [-0.15, -0.1) is 0 Å². The number of rotatable bonds is 4. The van der Waals surface area contributed by atoms with Gasteiger partial charge in [-0.1, -0.05) is 0 Å². The van der Waals surface area contributed by atoms with E-state index in [9.17, 15) is 9.90 Å². The van der Waals surface area contributed by atoms with Crippen molar-refractivity contribution in [3.05, 3.63) is 0 Å². The zero-order valence-corrected chi connectivity index (χ0v) is 7.64. The zero-order chi connectivity index (χ0) is 9.84. The second kappa shape index (κ2) is 4.55. The monoisotopic (exact) mass is 189 g/mol. The van der Waals surface area contributed by atoms with Gasteiger partial charge >= 0.3 is 5.97 Å². The van der Waals surface area contributed by atoms with Crippen molar-refractivity contribution in [2.75, 3.05) is 26.8 Å². The van der Waals surface area contributed by atoms with Crippen LogP contribution < -0.4 is 0 Å². The average Bonchev–Trinajstić information content (AvgIpc) is 2.34. The number of ether oxygens (including phenoxy) is 1. The highest BCUT2D eigenvalue weighted by Crippen LogP contribution is 2.15. The van der Waals surface area contributed by atoms with E-state index in [-0.39, 0.29) is 19.3 Å². The van der Waals surface area contributed by atoms with Crippen LogP contribution in [0.5, 0.6) is 0 Å². The van der Waals surface area contributed by atoms with Crippen LogP contribution in [0.4, 0.5) is 0 Å². The minimum absolute atomic E-state index is 0.0562. The van der Waals surface area contributed by atoms with Crippen molar-refractivity contribution in [3.63, 3.8) is 0 Å². The third kappa shape index (κ3) is 2.95. The highest BCUT2D eigenvalue weighted by atomic mass is 16.5. The molecule has 1 heterocycles. The molecule has 0 aromatic heterocycles. The maximum Gasteiger partial charge on any atom is 0.329 e. The zero-order valence-electron chi connectivity index (χ0n) is 7.64. The maximum absolute atomic E-state index is 10.1. The normalized spacial score (nSPS) is 29.4. The van der Waals surface area contributed by atoms with E-state index in [1.807, 2.05) is 11.9 Å². The molecule has 76 valence electrons. The first-order chi connectivity index (χ1) is 6.11. The van der Waals surface area contributed by atoms with Gasteiger partial charge in [-0.2, -0.15) is 0 Å². The summed E-state index contributed by atoms with van der Waals surface area (Å²) in [5.41, 5.74) is 0. The summed E-state index contributed by atoms with van der Waals surface area (Å²) in [5, 5.41) is 17.8. The van der Waals surface area contributed by atoms with E-state index in [1.165, 1.54) is 0 Å². The van der Waals surface area contributed by atoms with Gasteiger partial charge in [0.1, 0.15) is 6.61 Å². The number of hydrogen-bond donors (Lipinski definition) is 2. The maximum atomic E-state index is 10.1. The van der Waals surface area contributed by atoms with Crippen LogP contribution in [0.2, 0.25) is 0 Å². The fraction of sp³-hybridized carbons (Fsp3) is 0.875. The van der Waals surface area contributed by atoms with Gasteiger partial charge in [0.15, 0.2) is 0 Å². The van der Waals surface area contributed by atoms with Gasteiger partial charge in [-0.3, -0.25) is 4.90 Å². The van der Waals surface area contributed by atoms with Gasteiger partial charge < -0.3 is 14.9 Å². The van der Waals surface area contributed by atoms with Gasteiger partial charge in [0, 0.05) is 6.54 Å². The van der Waals surface area contributed by atoms with E-state index >= 15 is 0 Å². The van der Waals surface area contributed by atoms with E-state index in [0.29, 0.717) is 0 Å². The molecule has 1 aliphatic rings. The predicted octanol–water partition coefficient (Wildman–Crippen LogP) is -0.847. The Morgan fingerprint density at radius 3 is 2.85 bits per heavy atom. The lowest BCUT2D eigenvalue weighted by Gasteiger charge is -2.21. The summed E-state index contributed by atoms with van der Waals surface area (Å²) in [5.74, 6) is -0.977. The molecule has 2 atom stereocenters. The van der Waals surface area contributed by atoms with E-state index in [4.69, 9.17) is 9.84 Å². The Balaban J connectivity index is 2.23. The Hall–Kier alpha value is -0.650. The molecular formula is C8H15NO4. The van der Waals surface area contributed by atoms with Crippen molar-refractivity contribution < 1.29 is 19.7 Å². The molecule has 0 bridgehead atoms. The first-order valence-electron chi connectivity index (χ1n) is 4.29. The van der Waals surface area contributed by atoms with Crippen LogP contribution in [0.15, 0.2) is 0 Å². The molecule has 0 unspecified atom stereocenters. The number of aliphatic carboxylic acids is 1. The molecule has 0 radical (unpaired) electrons. The van der Waals surface area contributed by atoms with Crippen LogP contribution in [0.1, 0.15) is 6.42 Å². The molecule has 1 fully saturated rings. The summed E-state index contributed by atoms with van der Waals surface area (Å²) >= 11 is 0. The molecule has 1 aliphatic heterocycles. The summed E-state index contributed by atoms with van der Waals surface area (Å²) in [7, 11) is 1.89. The largest absolute Gasteiger partial charge is 0.480 e. The predicted molar refractivity (Wildman–Crippen MR) is 45.5 cm³/mol. The van der Waals surface area contributed by atoms with Gasteiger partial charge in [-0.05, 0) is 13.5 Å². The molecule has 5 nitrogen and oxygen atoms in total. The highest BCUT2D eigenvalue weighted by molar-refractivity contribution is 5.67. The molecule has 2 N–H and O–H groups in total. The number of carboxylic acids is 1. The van der Waals surface area contributed by atoms with E-state index in [0.717, 1.165) is 13.0 Å². The number of likely N-dealkylation sites (N-methyl/N-ethyl adjacent to an activating group) is 1. The van der Waals surface area contributed by atoms with Crippen molar-refractivity contribution >= 4 is 5.97 Å². The van der Waals surface area contributed by atoms with Crippen LogP contribution in [0.3, 0.4) is 0 Å². The van der Waals surface area contributed by atoms with Crippen LogP contribution in [-0.2, 0) is 9.53 Å². The van der Waals surface area contributed by atoms with Crippen molar-refractivity contribution in [2.45, 2.75) is 18.6 Å². The van der Waals surface area contributed by atoms with Crippen LogP contribution in [-0.4, -0.2) is 60.0 Å².